The van der Waals surface area contributed by atoms with E-state index >= 15 is 0 Å². The molecule has 1 aromatic heterocycles. The summed E-state index contributed by atoms with van der Waals surface area (Å²) in [5, 5.41) is 0.861. The summed E-state index contributed by atoms with van der Waals surface area (Å²) in [4.78, 5) is 8.27. The highest BCUT2D eigenvalue weighted by Gasteiger charge is 2.22. The molecule has 0 atom stereocenters. The number of allylic oxidation sites excluding steroid dienone is 2. The fourth-order valence-corrected chi connectivity index (χ4v) is 2.71. The van der Waals surface area contributed by atoms with E-state index in [4.69, 9.17) is 11.5 Å². The second kappa shape index (κ2) is 4.47. The van der Waals surface area contributed by atoms with Crippen molar-refractivity contribution in [1.29, 1.82) is 0 Å². The molecule has 4 N–H and O–H groups in total. The maximum atomic E-state index is 5.88. The summed E-state index contributed by atoms with van der Waals surface area (Å²) in [6.07, 6.45) is 5.78. The number of benzene rings is 1. The Morgan fingerprint density at radius 2 is 1.95 bits per heavy atom. The fraction of sp³-hybridized carbons (Fsp3) is 0.375. The van der Waals surface area contributed by atoms with E-state index in [9.17, 15) is 0 Å². The fourth-order valence-electron chi connectivity index (χ4n) is 2.71. The van der Waals surface area contributed by atoms with Crippen LogP contribution in [0.1, 0.15) is 38.7 Å². The number of anilines is 2. The minimum atomic E-state index is 0.228. The van der Waals surface area contributed by atoms with Gasteiger partial charge >= 0.3 is 0 Å². The smallest absolute Gasteiger partial charge is 0.222 e. The molecule has 1 aliphatic rings. The van der Waals surface area contributed by atoms with Crippen LogP contribution in [0.3, 0.4) is 0 Å². The number of fused-ring (bicyclic) bond motifs is 1. The summed E-state index contributed by atoms with van der Waals surface area (Å²) < 4.78 is 0. The minimum absolute atomic E-state index is 0.228. The van der Waals surface area contributed by atoms with Crippen molar-refractivity contribution < 1.29 is 0 Å². The lowest BCUT2D eigenvalue weighted by molar-refractivity contribution is 0.335. The summed E-state index contributed by atoms with van der Waals surface area (Å²) in [6.45, 7) is 4.63. The van der Waals surface area contributed by atoms with Gasteiger partial charge < -0.3 is 11.5 Å². The van der Waals surface area contributed by atoms with Crippen LogP contribution in [-0.4, -0.2) is 9.97 Å². The Bertz CT molecular complexity index is 701. The first-order valence-electron chi connectivity index (χ1n) is 6.97. The zero-order chi connectivity index (χ0) is 14.3. The number of hydrogen-bond acceptors (Lipinski definition) is 4. The van der Waals surface area contributed by atoms with E-state index in [0.29, 0.717) is 11.2 Å². The molecule has 20 heavy (non-hydrogen) atoms. The third-order valence-electron chi connectivity index (χ3n) is 4.09. The van der Waals surface area contributed by atoms with E-state index in [2.05, 4.69) is 42.0 Å². The molecule has 4 nitrogen and oxygen atoms in total. The third-order valence-corrected chi connectivity index (χ3v) is 4.09. The molecule has 0 bridgehead atoms. The Labute approximate surface area is 118 Å². The van der Waals surface area contributed by atoms with Gasteiger partial charge in [-0.3, -0.25) is 0 Å². The van der Waals surface area contributed by atoms with Crippen molar-refractivity contribution in [2.45, 2.75) is 33.1 Å². The minimum Gasteiger partial charge on any atom is -0.383 e. The Hall–Kier alpha value is -2.10. The van der Waals surface area contributed by atoms with Gasteiger partial charge in [-0.05, 0) is 47.9 Å². The van der Waals surface area contributed by atoms with Crippen molar-refractivity contribution in [3.05, 3.63) is 29.8 Å². The van der Waals surface area contributed by atoms with Crippen LogP contribution in [0.4, 0.5) is 11.8 Å². The molecule has 2 aromatic rings. The van der Waals surface area contributed by atoms with Crippen LogP contribution < -0.4 is 11.5 Å². The number of nitrogens with two attached hydrogens (primary N) is 2. The van der Waals surface area contributed by atoms with Crippen molar-refractivity contribution in [3.8, 4) is 0 Å². The third kappa shape index (κ3) is 2.33. The highest BCUT2D eigenvalue weighted by Crippen LogP contribution is 2.38. The molecule has 0 aliphatic heterocycles. The maximum absolute atomic E-state index is 5.88. The highest BCUT2D eigenvalue weighted by atomic mass is 15.0. The van der Waals surface area contributed by atoms with E-state index in [-0.39, 0.29) is 5.95 Å². The van der Waals surface area contributed by atoms with Gasteiger partial charge in [0.25, 0.3) is 0 Å². The summed E-state index contributed by atoms with van der Waals surface area (Å²) in [5.74, 6) is 0.670. The van der Waals surface area contributed by atoms with Crippen LogP contribution in [-0.2, 0) is 0 Å². The van der Waals surface area contributed by atoms with E-state index in [0.717, 1.165) is 23.7 Å². The van der Waals surface area contributed by atoms with Crippen LogP contribution in [0.15, 0.2) is 24.3 Å². The molecule has 0 saturated heterocycles. The molecule has 0 amide bonds. The SMILES string of the molecule is CC1(C)CC=C(c2ccc3c(N)nc(N)nc3c2)CC1. The quantitative estimate of drug-likeness (QED) is 0.831. The summed E-state index contributed by atoms with van der Waals surface area (Å²) in [5.41, 5.74) is 15.4. The number of nitrogen functional groups attached to an aromatic ring is 2. The molecule has 0 spiro atoms. The highest BCUT2D eigenvalue weighted by molar-refractivity contribution is 5.91. The summed E-state index contributed by atoms with van der Waals surface area (Å²) in [7, 11) is 0. The summed E-state index contributed by atoms with van der Waals surface area (Å²) in [6, 6.07) is 6.15. The standard InChI is InChI=1S/C16H20N4/c1-16(2)7-5-10(6-8-16)11-3-4-12-13(9-11)19-15(18)20-14(12)17/h3-5,9H,6-8H2,1-2H3,(H4,17,18,19,20). The molecule has 1 heterocycles. The van der Waals surface area contributed by atoms with Crippen LogP contribution in [0, 0.1) is 5.41 Å². The molecule has 0 radical (unpaired) electrons. The molecule has 4 heteroatoms. The zero-order valence-corrected chi connectivity index (χ0v) is 12.0. The number of rotatable bonds is 1. The van der Waals surface area contributed by atoms with E-state index < -0.39 is 0 Å². The molecular formula is C16H20N4. The van der Waals surface area contributed by atoms with Crippen molar-refractivity contribution in [1.82, 2.24) is 9.97 Å². The molecule has 1 aromatic carbocycles. The van der Waals surface area contributed by atoms with Crippen LogP contribution >= 0.6 is 0 Å². The number of nitrogens with zero attached hydrogens (tertiary/aromatic N) is 2. The molecule has 1 aliphatic carbocycles. The maximum Gasteiger partial charge on any atom is 0.222 e. The zero-order valence-electron chi connectivity index (χ0n) is 12.0. The van der Waals surface area contributed by atoms with Gasteiger partial charge in [0.1, 0.15) is 5.82 Å². The monoisotopic (exact) mass is 268 g/mol. The normalized spacial score (nSPS) is 18.0. The van der Waals surface area contributed by atoms with Crippen molar-refractivity contribution >= 4 is 28.2 Å². The van der Waals surface area contributed by atoms with Crippen LogP contribution in [0.25, 0.3) is 16.5 Å². The van der Waals surface area contributed by atoms with Crippen molar-refractivity contribution in [2.75, 3.05) is 11.5 Å². The lowest BCUT2D eigenvalue weighted by atomic mass is 9.77. The molecule has 104 valence electrons. The Morgan fingerprint density at radius 3 is 2.65 bits per heavy atom. The van der Waals surface area contributed by atoms with Gasteiger partial charge in [-0.15, -0.1) is 0 Å². The first-order chi connectivity index (χ1) is 9.44. The van der Waals surface area contributed by atoms with E-state index in [1.54, 1.807) is 0 Å². The first kappa shape index (κ1) is 12.9. The average molecular weight is 268 g/mol. The Morgan fingerprint density at radius 1 is 1.15 bits per heavy atom. The van der Waals surface area contributed by atoms with Gasteiger partial charge in [-0.1, -0.05) is 26.0 Å². The second-order valence-electron chi connectivity index (χ2n) is 6.30. The van der Waals surface area contributed by atoms with Crippen molar-refractivity contribution in [2.24, 2.45) is 5.41 Å². The average Bonchev–Trinajstić information content (AvgIpc) is 2.37. The van der Waals surface area contributed by atoms with Gasteiger partial charge in [0.05, 0.1) is 5.52 Å². The second-order valence-corrected chi connectivity index (χ2v) is 6.30. The van der Waals surface area contributed by atoms with E-state index in [1.807, 2.05) is 6.07 Å². The lowest BCUT2D eigenvalue weighted by Crippen LogP contribution is -2.14. The van der Waals surface area contributed by atoms with Gasteiger partial charge in [0, 0.05) is 5.39 Å². The number of hydrogen-bond donors (Lipinski definition) is 2. The van der Waals surface area contributed by atoms with Gasteiger partial charge in [-0.25, -0.2) is 4.98 Å². The van der Waals surface area contributed by atoms with E-state index in [1.165, 1.54) is 17.6 Å². The van der Waals surface area contributed by atoms with Crippen LogP contribution in [0.2, 0.25) is 0 Å². The molecular weight excluding hydrogens is 248 g/mol. The predicted octanol–water partition coefficient (Wildman–Crippen LogP) is 3.39. The largest absolute Gasteiger partial charge is 0.383 e. The molecule has 3 rings (SSSR count). The van der Waals surface area contributed by atoms with Crippen LogP contribution in [0.5, 0.6) is 0 Å². The van der Waals surface area contributed by atoms with Gasteiger partial charge in [0.2, 0.25) is 5.95 Å². The first-order valence-corrected chi connectivity index (χ1v) is 6.97. The Kier molecular flexibility index (Phi) is 2.89. The Balaban J connectivity index is 2.04. The van der Waals surface area contributed by atoms with Crippen molar-refractivity contribution in [3.63, 3.8) is 0 Å². The molecule has 0 unspecified atom stereocenters. The number of aromatic nitrogens is 2. The van der Waals surface area contributed by atoms with Gasteiger partial charge in [0.15, 0.2) is 0 Å². The predicted molar refractivity (Wildman–Crippen MR) is 84.0 cm³/mol. The lowest BCUT2D eigenvalue weighted by Gasteiger charge is -2.28. The molecule has 0 fully saturated rings. The van der Waals surface area contributed by atoms with Gasteiger partial charge in [-0.2, -0.15) is 4.98 Å². The topological polar surface area (TPSA) is 77.8 Å². The summed E-state index contributed by atoms with van der Waals surface area (Å²) >= 11 is 0. The molecule has 0 saturated carbocycles.